The Hall–Kier alpha value is -2.18. The first-order chi connectivity index (χ1) is 11.2. The zero-order chi connectivity index (χ0) is 16.1. The van der Waals surface area contributed by atoms with Gasteiger partial charge in [0.25, 0.3) is 0 Å². The van der Waals surface area contributed by atoms with E-state index >= 15 is 0 Å². The minimum atomic E-state index is -0.265. The van der Waals surface area contributed by atoms with Crippen molar-refractivity contribution in [3.63, 3.8) is 0 Å². The molecule has 0 aromatic heterocycles. The molecule has 0 aliphatic carbocycles. The first kappa shape index (κ1) is 15.7. The molecule has 23 heavy (non-hydrogen) atoms. The van der Waals surface area contributed by atoms with Crippen molar-refractivity contribution >= 4 is 29.2 Å². The molecule has 2 aromatic rings. The number of nitrogens with one attached hydrogen (secondary N) is 3. The monoisotopic (exact) mass is 329 g/mol. The van der Waals surface area contributed by atoms with Crippen LogP contribution in [0.5, 0.6) is 5.75 Å². The molecule has 6 heteroatoms. The van der Waals surface area contributed by atoms with Gasteiger partial charge in [0.15, 0.2) is 0 Å². The number of hydrogen-bond acceptors (Lipinski definition) is 4. The Morgan fingerprint density at radius 2 is 1.61 bits per heavy atom. The lowest BCUT2D eigenvalue weighted by Crippen LogP contribution is -2.44. The van der Waals surface area contributed by atoms with Crippen LogP contribution in [0.3, 0.4) is 0 Å². The van der Waals surface area contributed by atoms with Crippen LogP contribution in [0, 0.1) is 0 Å². The van der Waals surface area contributed by atoms with Crippen LogP contribution in [-0.4, -0.2) is 31.5 Å². The van der Waals surface area contributed by atoms with Gasteiger partial charge in [-0.25, -0.2) is 4.79 Å². The van der Waals surface area contributed by atoms with Crippen LogP contribution in [0.1, 0.15) is 0 Å². The molecule has 1 saturated heterocycles. The predicted molar refractivity (Wildman–Crippen MR) is 94.6 cm³/mol. The Morgan fingerprint density at radius 3 is 2.09 bits per heavy atom. The minimum Gasteiger partial charge on any atom is -0.497 e. The summed E-state index contributed by atoms with van der Waals surface area (Å²) in [6.45, 7) is 2.13. The minimum absolute atomic E-state index is 0.265. The zero-order valence-corrected chi connectivity index (χ0v) is 13.7. The van der Waals surface area contributed by atoms with Crippen LogP contribution >= 0.6 is 11.8 Å². The molecule has 2 aromatic carbocycles. The third-order valence-electron chi connectivity index (χ3n) is 3.51. The summed E-state index contributed by atoms with van der Waals surface area (Å²) in [4.78, 5) is 13.2. The number of ether oxygens (including phenoxy) is 1. The van der Waals surface area contributed by atoms with Crippen molar-refractivity contribution in [2.45, 2.75) is 10.1 Å². The molecule has 3 rings (SSSR count). The highest BCUT2D eigenvalue weighted by molar-refractivity contribution is 8.00. The van der Waals surface area contributed by atoms with Gasteiger partial charge < -0.3 is 20.7 Å². The first-order valence-corrected chi connectivity index (χ1v) is 8.30. The Labute approximate surface area is 139 Å². The lowest BCUT2D eigenvalue weighted by molar-refractivity contribution is 0.262. The number of amides is 2. The Morgan fingerprint density at radius 1 is 1.04 bits per heavy atom. The van der Waals surface area contributed by atoms with Crippen LogP contribution in [0.2, 0.25) is 0 Å². The topological polar surface area (TPSA) is 62.4 Å². The highest BCUT2D eigenvalue weighted by atomic mass is 32.2. The van der Waals surface area contributed by atoms with Gasteiger partial charge in [0.05, 0.1) is 7.11 Å². The van der Waals surface area contributed by atoms with Gasteiger partial charge in [0.1, 0.15) is 5.75 Å². The summed E-state index contributed by atoms with van der Waals surface area (Å²) in [5.74, 6) is 0.755. The quantitative estimate of drug-likeness (QED) is 0.787. The van der Waals surface area contributed by atoms with E-state index in [-0.39, 0.29) is 6.03 Å². The van der Waals surface area contributed by atoms with Crippen LogP contribution < -0.4 is 20.7 Å². The smallest absolute Gasteiger partial charge is 0.323 e. The SMILES string of the molecule is COc1ccc(NC(=O)Nc2ccc(SC3CNC3)cc2)cc1. The summed E-state index contributed by atoms with van der Waals surface area (Å²) < 4.78 is 5.09. The molecule has 0 bridgehead atoms. The Balaban J connectivity index is 1.52. The van der Waals surface area contributed by atoms with E-state index < -0.39 is 0 Å². The molecule has 1 heterocycles. The fourth-order valence-corrected chi connectivity index (χ4v) is 3.20. The first-order valence-electron chi connectivity index (χ1n) is 7.42. The normalized spacial score (nSPS) is 14.0. The lowest BCUT2D eigenvalue weighted by Gasteiger charge is -2.26. The molecule has 2 amide bonds. The summed E-state index contributed by atoms with van der Waals surface area (Å²) >= 11 is 1.86. The second kappa shape index (κ2) is 7.39. The van der Waals surface area contributed by atoms with Gasteiger partial charge >= 0.3 is 6.03 Å². The predicted octanol–water partition coefficient (Wildman–Crippen LogP) is 3.40. The summed E-state index contributed by atoms with van der Waals surface area (Å²) in [5.41, 5.74) is 1.49. The van der Waals surface area contributed by atoms with Crippen LogP contribution in [0.25, 0.3) is 0 Å². The number of carbonyl (C=O) groups is 1. The third-order valence-corrected chi connectivity index (χ3v) is 4.72. The van der Waals surface area contributed by atoms with Crippen molar-refractivity contribution in [2.24, 2.45) is 0 Å². The average Bonchev–Trinajstić information content (AvgIpc) is 2.53. The van der Waals surface area contributed by atoms with E-state index in [1.165, 1.54) is 4.90 Å². The maximum absolute atomic E-state index is 12.0. The number of carbonyl (C=O) groups excluding carboxylic acids is 1. The largest absolute Gasteiger partial charge is 0.497 e. The number of rotatable bonds is 5. The van der Waals surface area contributed by atoms with Gasteiger partial charge in [0.2, 0.25) is 0 Å². The number of methoxy groups -OCH3 is 1. The van der Waals surface area contributed by atoms with Gasteiger partial charge in [-0.1, -0.05) is 0 Å². The molecule has 1 aliphatic heterocycles. The lowest BCUT2D eigenvalue weighted by atomic mass is 10.3. The molecule has 1 fully saturated rings. The van der Waals surface area contributed by atoms with Gasteiger partial charge in [-0.05, 0) is 48.5 Å². The number of urea groups is 1. The molecule has 0 atom stereocenters. The van der Waals surface area contributed by atoms with Gasteiger partial charge in [-0.2, -0.15) is 0 Å². The van der Waals surface area contributed by atoms with E-state index in [1.807, 2.05) is 36.0 Å². The number of anilines is 2. The maximum atomic E-state index is 12.0. The van der Waals surface area contributed by atoms with Crippen molar-refractivity contribution in [2.75, 3.05) is 30.8 Å². The van der Waals surface area contributed by atoms with Crippen molar-refractivity contribution in [3.8, 4) is 5.75 Å². The van der Waals surface area contributed by atoms with Gasteiger partial charge in [0, 0.05) is 34.6 Å². The number of hydrogen-bond donors (Lipinski definition) is 3. The molecule has 0 saturated carbocycles. The second-order valence-corrected chi connectivity index (χ2v) is 6.60. The Kier molecular flexibility index (Phi) is 5.05. The highest BCUT2D eigenvalue weighted by Crippen LogP contribution is 2.26. The second-order valence-electron chi connectivity index (χ2n) is 5.23. The van der Waals surface area contributed by atoms with E-state index in [0.29, 0.717) is 10.9 Å². The molecule has 0 spiro atoms. The molecule has 120 valence electrons. The number of thioether (sulfide) groups is 1. The van der Waals surface area contributed by atoms with Crippen LogP contribution in [-0.2, 0) is 0 Å². The highest BCUT2D eigenvalue weighted by Gasteiger charge is 2.17. The third kappa shape index (κ3) is 4.40. The summed E-state index contributed by atoms with van der Waals surface area (Å²) in [7, 11) is 1.61. The summed E-state index contributed by atoms with van der Waals surface area (Å²) in [6.07, 6.45) is 0. The molecular weight excluding hydrogens is 310 g/mol. The van der Waals surface area contributed by atoms with E-state index in [9.17, 15) is 4.79 Å². The van der Waals surface area contributed by atoms with E-state index in [2.05, 4.69) is 16.0 Å². The van der Waals surface area contributed by atoms with E-state index in [4.69, 9.17) is 4.74 Å². The van der Waals surface area contributed by atoms with Crippen LogP contribution in [0.4, 0.5) is 16.2 Å². The van der Waals surface area contributed by atoms with Crippen molar-refractivity contribution in [3.05, 3.63) is 48.5 Å². The van der Waals surface area contributed by atoms with Gasteiger partial charge in [-0.15, -0.1) is 11.8 Å². The molecule has 0 unspecified atom stereocenters. The van der Waals surface area contributed by atoms with Crippen molar-refractivity contribution in [1.82, 2.24) is 5.32 Å². The maximum Gasteiger partial charge on any atom is 0.323 e. The number of benzene rings is 2. The van der Waals surface area contributed by atoms with Gasteiger partial charge in [-0.3, -0.25) is 0 Å². The molecule has 3 N–H and O–H groups in total. The molecule has 1 aliphatic rings. The van der Waals surface area contributed by atoms with Crippen molar-refractivity contribution in [1.29, 1.82) is 0 Å². The molecular formula is C17H19N3O2S. The standard InChI is InChI=1S/C17H19N3O2S/c1-22-14-6-2-12(3-7-14)19-17(21)20-13-4-8-15(9-5-13)23-16-10-18-11-16/h2-9,16,18H,10-11H2,1H3,(H2,19,20,21). The summed E-state index contributed by atoms with van der Waals surface area (Å²) in [5, 5.41) is 9.53. The average molecular weight is 329 g/mol. The fraction of sp³-hybridized carbons (Fsp3) is 0.235. The summed E-state index contributed by atoms with van der Waals surface area (Å²) in [6, 6.07) is 14.8. The Bertz CT molecular complexity index is 655. The van der Waals surface area contributed by atoms with E-state index in [0.717, 1.165) is 24.5 Å². The molecule has 0 radical (unpaired) electrons. The van der Waals surface area contributed by atoms with Crippen LogP contribution in [0.15, 0.2) is 53.4 Å². The zero-order valence-electron chi connectivity index (χ0n) is 12.8. The van der Waals surface area contributed by atoms with Crippen molar-refractivity contribution < 1.29 is 9.53 Å². The molecule has 5 nitrogen and oxygen atoms in total. The van der Waals surface area contributed by atoms with E-state index in [1.54, 1.807) is 31.4 Å². The fourth-order valence-electron chi connectivity index (χ4n) is 2.12.